The number of aromatic hydroxyl groups is 1. The van der Waals surface area contributed by atoms with Crippen molar-refractivity contribution >= 4 is 6.08 Å². The molecule has 1 N–H and O–H groups in total. The zero-order valence-electron chi connectivity index (χ0n) is 14.9. The largest absolute Gasteiger partial charge is 0.508 e. The van der Waals surface area contributed by atoms with Crippen LogP contribution < -0.4 is 18.9 Å². The molecule has 2 aromatic carbocycles. The fourth-order valence-corrected chi connectivity index (χ4v) is 4.03. The van der Waals surface area contributed by atoms with Crippen molar-refractivity contribution in [2.75, 3.05) is 13.7 Å². The molecule has 3 heterocycles. The molecule has 0 saturated heterocycles. The molecule has 0 bridgehead atoms. The molecule has 2 atom stereocenters. The summed E-state index contributed by atoms with van der Waals surface area (Å²) in [5, 5.41) is 9.77. The summed E-state index contributed by atoms with van der Waals surface area (Å²) in [4.78, 5) is 0. The Balaban J connectivity index is 1.66. The molecule has 0 unspecified atom stereocenters. The van der Waals surface area contributed by atoms with Gasteiger partial charge in [0.05, 0.1) is 30.8 Å². The summed E-state index contributed by atoms with van der Waals surface area (Å²) in [5.74, 6) is 3.15. The number of ether oxygens (including phenoxy) is 4. The highest BCUT2D eigenvalue weighted by Crippen LogP contribution is 2.56. The average molecular weight is 352 g/mol. The van der Waals surface area contributed by atoms with Crippen LogP contribution in [0.2, 0.25) is 0 Å². The molecule has 5 rings (SSSR count). The van der Waals surface area contributed by atoms with Crippen LogP contribution in [0.25, 0.3) is 6.08 Å². The van der Waals surface area contributed by atoms with Gasteiger partial charge in [-0.2, -0.15) is 0 Å². The third kappa shape index (κ3) is 2.09. The van der Waals surface area contributed by atoms with Crippen molar-refractivity contribution in [3.63, 3.8) is 0 Å². The molecule has 0 spiro atoms. The molecule has 3 aliphatic rings. The van der Waals surface area contributed by atoms with Gasteiger partial charge in [0, 0.05) is 17.7 Å². The summed E-state index contributed by atoms with van der Waals surface area (Å²) < 4.78 is 24.1. The first-order valence-electron chi connectivity index (χ1n) is 8.72. The van der Waals surface area contributed by atoms with Crippen LogP contribution in [0.15, 0.2) is 30.3 Å². The van der Waals surface area contributed by atoms with Gasteiger partial charge in [-0.3, -0.25) is 0 Å². The van der Waals surface area contributed by atoms with E-state index in [1.165, 1.54) is 0 Å². The van der Waals surface area contributed by atoms with E-state index in [1.54, 1.807) is 19.2 Å². The minimum absolute atomic E-state index is 0.0648. The van der Waals surface area contributed by atoms with Crippen LogP contribution in [0.5, 0.6) is 28.7 Å². The first kappa shape index (κ1) is 15.4. The molecule has 0 aliphatic carbocycles. The van der Waals surface area contributed by atoms with E-state index < -0.39 is 0 Å². The first-order valence-corrected chi connectivity index (χ1v) is 8.72. The molecule has 0 amide bonds. The molecule has 0 saturated carbocycles. The minimum Gasteiger partial charge on any atom is -0.508 e. The summed E-state index contributed by atoms with van der Waals surface area (Å²) in [7, 11) is 1.65. The fourth-order valence-electron chi connectivity index (χ4n) is 4.03. The van der Waals surface area contributed by atoms with Crippen LogP contribution in [0.4, 0.5) is 0 Å². The van der Waals surface area contributed by atoms with Crippen LogP contribution >= 0.6 is 0 Å². The maximum atomic E-state index is 9.77. The monoisotopic (exact) mass is 352 g/mol. The predicted molar refractivity (Wildman–Crippen MR) is 96.4 cm³/mol. The van der Waals surface area contributed by atoms with Crippen molar-refractivity contribution in [3.8, 4) is 28.7 Å². The first-order chi connectivity index (χ1) is 12.5. The lowest BCUT2D eigenvalue weighted by Gasteiger charge is -2.34. The third-order valence-corrected chi connectivity index (χ3v) is 5.23. The van der Waals surface area contributed by atoms with Crippen molar-refractivity contribution in [2.24, 2.45) is 0 Å². The number of fused-ring (bicyclic) bond motifs is 6. The van der Waals surface area contributed by atoms with Gasteiger partial charge in [-0.15, -0.1) is 0 Å². The van der Waals surface area contributed by atoms with Gasteiger partial charge in [-0.25, -0.2) is 0 Å². The smallest absolute Gasteiger partial charge is 0.141 e. The minimum atomic E-state index is -0.374. The van der Waals surface area contributed by atoms with Gasteiger partial charge in [-0.05, 0) is 32.1 Å². The average Bonchev–Trinajstić information content (AvgIpc) is 2.96. The van der Waals surface area contributed by atoms with E-state index >= 15 is 0 Å². The van der Waals surface area contributed by atoms with Crippen molar-refractivity contribution < 1.29 is 24.1 Å². The van der Waals surface area contributed by atoms with Crippen LogP contribution in [0.1, 0.15) is 42.6 Å². The lowest BCUT2D eigenvalue weighted by atomic mass is 9.87. The summed E-state index contributed by atoms with van der Waals surface area (Å²) in [6, 6.07) is 7.17. The Hall–Kier alpha value is -2.82. The molecule has 5 nitrogen and oxygen atoms in total. The SMILES string of the molecule is COc1c2c(cc3c1[C@@H]1Oc4cc(O)ccc4[C@@H]1CO3)OC(C)(C)C=C2. The summed E-state index contributed by atoms with van der Waals surface area (Å²) in [6.07, 6.45) is 3.85. The van der Waals surface area contributed by atoms with Crippen LogP contribution in [-0.2, 0) is 0 Å². The second kappa shape index (κ2) is 5.10. The standard InChI is InChI=1S/C21H20O5/c1-21(2)7-6-13-16(26-21)9-17-18(19(13)23-3)20-14(10-24-17)12-5-4-11(22)8-15(12)25-20/h4-9,14,20,22H,10H2,1-3H3/t14-,20+/m0/s1. The van der Waals surface area contributed by atoms with Gasteiger partial charge in [0.1, 0.15) is 40.5 Å². The highest BCUT2D eigenvalue weighted by atomic mass is 16.5. The van der Waals surface area contributed by atoms with Gasteiger partial charge < -0.3 is 24.1 Å². The Morgan fingerprint density at radius 3 is 2.81 bits per heavy atom. The number of rotatable bonds is 1. The quantitative estimate of drug-likeness (QED) is 0.834. The van der Waals surface area contributed by atoms with Crippen molar-refractivity contribution in [1.29, 1.82) is 0 Å². The molecule has 0 radical (unpaired) electrons. The third-order valence-electron chi connectivity index (χ3n) is 5.23. The van der Waals surface area contributed by atoms with Gasteiger partial charge >= 0.3 is 0 Å². The van der Waals surface area contributed by atoms with E-state index in [2.05, 4.69) is 0 Å². The number of hydrogen-bond acceptors (Lipinski definition) is 5. The van der Waals surface area contributed by atoms with E-state index in [0.29, 0.717) is 12.4 Å². The number of phenols is 1. The van der Waals surface area contributed by atoms with Gasteiger partial charge in [0.2, 0.25) is 0 Å². The molecule has 2 aromatic rings. The van der Waals surface area contributed by atoms with Gasteiger partial charge in [0.15, 0.2) is 0 Å². The van der Waals surface area contributed by atoms with E-state index in [-0.39, 0.29) is 23.4 Å². The maximum Gasteiger partial charge on any atom is 0.141 e. The number of hydrogen-bond donors (Lipinski definition) is 1. The molecule has 0 aromatic heterocycles. The van der Waals surface area contributed by atoms with E-state index in [9.17, 15) is 5.11 Å². The predicted octanol–water partition coefficient (Wildman–Crippen LogP) is 4.19. The molecular formula is C21H20O5. The fraction of sp³-hybridized carbons (Fsp3) is 0.333. The summed E-state index contributed by atoms with van der Waals surface area (Å²) in [6.45, 7) is 4.54. The topological polar surface area (TPSA) is 57.2 Å². The molecular weight excluding hydrogens is 332 g/mol. The second-order valence-electron chi connectivity index (χ2n) is 7.45. The van der Waals surface area contributed by atoms with Gasteiger partial charge in [-0.1, -0.05) is 6.07 Å². The molecule has 5 heteroatoms. The van der Waals surface area contributed by atoms with E-state index in [1.807, 2.05) is 38.1 Å². The second-order valence-corrected chi connectivity index (χ2v) is 7.45. The molecule has 3 aliphatic heterocycles. The normalized spacial score (nSPS) is 23.5. The number of phenolic OH excluding ortho intramolecular Hbond substituents is 1. The lowest BCUT2D eigenvalue weighted by Crippen LogP contribution is -2.29. The highest BCUT2D eigenvalue weighted by Gasteiger charge is 2.44. The Morgan fingerprint density at radius 1 is 1.15 bits per heavy atom. The summed E-state index contributed by atoms with van der Waals surface area (Å²) >= 11 is 0. The maximum absolute atomic E-state index is 9.77. The summed E-state index contributed by atoms with van der Waals surface area (Å²) in [5.41, 5.74) is 2.47. The zero-order valence-corrected chi connectivity index (χ0v) is 14.9. The lowest BCUT2D eigenvalue weighted by molar-refractivity contribution is 0.130. The highest BCUT2D eigenvalue weighted by molar-refractivity contribution is 5.73. The number of methoxy groups -OCH3 is 1. The van der Waals surface area contributed by atoms with Crippen LogP contribution in [-0.4, -0.2) is 24.4 Å². The van der Waals surface area contributed by atoms with E-state index in [4.69, 9.17) is 18.9 Å². The Bertz CT molecular complexity index is 944. The zero-order chi connectivity index (χ0) is 18.1. The molecule has 0 fully saturated rings. The molecule has 26 heavy (non-hydrogen) atoms. The van der Waals surface area contributed by atoms with Crippen LogP contribution in [0.3, 0.4) is 0 Å². The van der Waals surface area contributed by atoms with Crippen molar-refractivity contribution in [1.82, 2.24) is 0 Å². The Morgan fingerprint density at radius 2 is 2.00 bits per heavy atom. The van der Waals surface area contributed by atoms with Gasteiger partial charge in [0.25, 0.3) is 0 Å². The number of benzene rings is 2. The van der Waals surface area contributed by atoms with Crippen molar-refractivity contribution in [2.45, 2.75) is 31.5 Å². The molecule has 134 valence electrons. The van der Waals surface area contributed by atoms with E-state index in [0.717, 1.165) is 33.9 Å². The van der Waals surface area contributed by atoms with Crippen LogP contribution in [0, 0.1) is 0 Å². The van der Waals surface area contributed by atoms with Crippen molar-refractivity contribution in [3.05, 3.63) is 47.0 Å². The Labute approximate surface area is 151 Å². The Kier molecular flexibility index (Phi) is 3.03.